The second-order valence-electron chi connectivity index (χ2n) is 4.43. The number of methoxy groups -OCH3 is 2. The van der Waals surface area contributed by atoms with E-state index in [1.807, 2.05) is 24.3 Å². The smallest absolute Gasteiger partial charge is 0.162 e. The Labute approximate surface area is 134 Å². The van der Waals surface area contributed by atoms with Crippen molar-refractivity contribution in [3.05, 3.63) is 34.8 Å². The Hall–Kier alpha value is -1.79. The largest absolute Gasteiger partial charge is 0.493 e. The topological polar surface area (TPSA) is 57.4 Å². The van der Waals surface area contributed by atoms with E-state index in [1.165, 1.54) is 0 Å². The van der Waals surface area contributed by atoms with E-state index in [0.29, 0.717) is 17.2 Å². The van der Waals surface area contributed by atoms with Gasteiger partial charge in [-0.15, -0.1) is 11.3 Å². The molecule has 0 unspecified atom stereocenters. The first-order valence-corrected chi connectivity index (χ1v) is 7.81. The number of thiazole rings is 1. The molecule has 21 heavy (non-hydrogen) atoms. The molecule has 0 amide bonds. The summed E-state index contributed by atoms with van der Waals surface area (Å²) in [7, 11) is 3.19. The van der Waals surface area contributed by atoms with Crippen molar-refractivity contribution in [3.8, 4) is 22.1 Å². The lowest BCUT2D eigenvalue weighted by molar-refractivity contribution is 0.355. The third kappa shape index (κ3) is 2.56. The number of rotatable bonds is 3. The molecule has 0 aliphatic rings. The summed E-state index contributed by atoms with van der Waals surface area (Å²) in [5, 5.41) is 0.863. The quantitative estimate of drug-likeness (QED) is 0.702. The summed E-state index contributed by atoms with van der Waals surface area (Å²) in [6.07, 6.45) is 0. The molecule has 1 heterocycles. The van der Waals surface area contributed by atoms with Crippen molar-refractivity contribution in [1.82, 2.24) is 4.98 Å². The summed E-state index contributed by atoms with van der Waals surface area (Å²) >= 11 is 5.07. The lowest BCUT2D eigenvalue weighted by atomic mass is 10.1. The van der Waals surface area contributed by atoms with Crippen LogP contribution >= 0.6 is 27.3 Å². The van der Waals surface area contributed by atoms with Crippen LogP contribution in [0, 0.1) is 0 Å². The van der Waals surface area contributed by atoms with Gasteiger partial charge in [-0.05, 0) is 24.3 Å². The first-order chi connectivity index (χ1) is 10.1. The predicted octanol–water partition coefficient (Wildman–Crippen LogP) is 4.33. The number of nitrogens with zero attached hydrogens (tertiary/aromatic N) is 1. The Balaban J connectivity index is 2.17. The van der Waals surface area contributed by atoms with Crippen LogP contribution in [0.25, 0.3) is 20.8 Å². The number of nitrogen functional groups attached to an aromatic ring is 1. The van der Waals surface area contributed by atoms with Gasteiger partial charge in [0.25, 0.3) is 0 Å². The SMILES string of the molecule is COc1cc(N)c(-c2nc3ccc(Br)cc3s2)cc1OC. The molecule has 0 saturated heterocycles. The van der Waals surface area contributed by atoms with E-state index in [2.05, 4.69) is 20.9 Å². The lowest BCUT2D eigenvalue weighted by Gasteiger charge is -2.10. The van der Waals surface area contributed by atoms with Crippen LogP contribution in [0.1, 0.15) is 0 Å². The monoisotopic (exact) mass is 364 g/mol. The number of hydrogen-bond acceptors (Lipinski definition) is 5. The zero-order chi connectivity index (χ0) is 15.0. The van der Waals surface area contributed by atoms with E-state index in [-0.39, 0.29) is 0 Å². The average Bonchev–Trinajstić information content (AvgIpc) is 2.89. The fourth-order valence-electron chi connectivity index (χ4n) is 2.09. The molecule has 1 aromatic heterocycles. The number of hydrogen-bond donors (Lipinski definition) is 1. The minimum Gasteiger partial charge on any atom is -0.493 e. The van der Waals surface area contributed by atoms with Crippen molar-refractivity contribution >= 4 is 43.2 Å². The summed E-state index contributed by atoms with van der Waals surface area (Å²) in [5.74, 6) is 1.25. The molecule has 0 saturated carbocycles. The Morgan fingerprint density at radius 2 is 1.81 bits per heavy atom. The maximum absolute atomic E-state index is 6.13. The molecule has 6 heteroatoms. The van der Waals surface area contributed by atoms with E-state index in [9.17, 15) is 0 Å². The number of halogens is 1. The predicted molar refractivity (Wildman–Crippen MR) is 90.3 cm³/mol. The molecule has 0 radical (unpaired) electrons. The molecule has 2 N–H and O–H groups in total. The van der Waals surface area contributed by atoms with Crippen LogP contribution in [-0.4, -0.2) is 19.2 Å². The Kier molecular flexibility index (Phi) is 3.73. The van der Waals surface area contributed by atoms with Crippen LogP contribution in [0.2, 0.25) is 0 Å². The Morgan fingerprint density at radius 1 is 1.10 bits per heavy atom. The zero-order valence-corrected chi connectivity index (χ0v) is 13.9. The van der Waals surface area contributed by atoms with Gasteiger partial charge in [0.15, 0.2) is 11.5 Å². The number of anilines is 1. The molecule has 108 valence electrons. The number of fused-ring (bicyclic) bond motifs is 1. The highest BCUT2D eigenvalue weighted by Crippen LogP contribution is 2.40. The Bertz CT molecular complexity index is 817. The molecule has 0 spiro atoms. The van der Waals surface area contributed by atoms with Crippen molar-refractivity contribution in [2.75, 3.05) is 20.0 Å². The molecular weight excluding hydrogens is 352 g/mol. The van der Waals surface area contributed by atoms with Gasteiger partial charge in [0.1, 0.15) is 5.01 Å². The second-order valence-corrected chi connectivity index (χ2v) is 6.37. The van der Waals surface area contributed by atoms with E-state index in [4.69, 9.17) is 15.2 Å². The molecule has 4 nitrogen and oxygen atoms in total. The van der Waals surface area contributed by atoms with Gasteiger partial charge < -0.3 is 15.2 Å². The van der Waals surface area contributed by atoms with E-state index in [0.717, 1.165) is 25.3 Å². The number of nitrogens with two attached hydrogens (primary N) is 1. The molecule has 0 fully saturated rings. The van der Waals surface area contributed by atoms with Crippen molar-refractivity contribution in [1.29, 1.82) is 0 Å². The number of ether oxygens (including phenoxy) is 2. The fourth-order valence-corrected chi connectivity index (χ4v) is 3.65. The van der Waals surface area contributed by atoms with Crippen LogP contribution in [0.5, 0.6) is 11.5 Å². The molecule has 3 aromatic rings. The summed E-state index contributed by atoms with van der Waals surface area (Å²) in [6.45, 7) is 0. The van der Waals surface area contributed by atoms with Gasteiger partial charge in [0.2, 0.25) is 0 Å². The van der Waals surface area contributed by atoms with Gasteiger partial charge in [-0.1, -0.05) is 15.9 Å². The normalized spacial score (nSPS) is 10.8. The lowest BCUT2D eigenvalue weighted by Crippen LogP contribution is -1.95. The number of aromatic nitrogens is 1. The second kappa shape index (κ2) is 5.54. The van der Waals surface area contributed by atoms with E-state index >= 15 is 0 Å². The van der Waals surface area contributed by atoms with Gasteiger partial charge >= 0.3 is 0 Å². The fraction of sp³-hybridized carbons (Fsp3) is 0.133. The van der Waals surface area contributed by atoms with E-state index in [1.54, 1.807) is 31.6 Å². The van der Waals surface area contributed by atoms with Crippen LogP contribution in [0.3, 0.4) is 0 Å². The summed E-state index contributed by atoms with van der Waals surface area (Å²) < 4.78 is 12.7. The molecule has 2 aromatic carbocycles. The van der Waals surface area contributed by atoms with Crippen LogP contribution in [0.15, 0.2) is 34.8 Å². The number of benzene rings is 2. The van der Waals surface area contributed by atoms with Crippen molar-refractivity contribution in [3.63, 3.8) is 0 Å². The van der Waals surface area contributed by atoms with Gasteiger partial charge in [-0.2, -0.15) is 0 Å². The average molecular weight is 365 g/mol. The van der Waals surface area contributed by atoms with Crippen LogP contribution in [0.4, 0.5) is 5.69 Å². The van der Waals surface area contributed by atoms with Gasteiger partial charge in [-0.25, -0.2) is 4.98 Å². The third-order valence-corrected chi connectivity index (χ3v) is 4.68. The minimum atomic E-state index is 0.614. The van der Waals surface area contributed by atoms with Gasteiger partial charge in [0.05, 0.1) is 24.4 Å². The maximum atomic E-state index is 6.13. The van der Waals surface area contributed by atoms with Crippen molar-refractivity contribution in [2.24, 2.45) is 0 Å². The minimum absolute atomic E-state index is 0.614. The van der Waals surface area contributed by atoms with Crippen LogP contribution in [-0.2, 0) is 0 Å². The molecule has 0 aliphatic carbocycles. The van der Waals surface area contributed by atoms with Crippen LogP contribution < -0.4 is 15.2 Å². The highest BCUT2D eigenvalue weighted by Gasteiger charge is 2.14. The first-order valence-electron chi connectivity index (χ1n) is 6.20. The highest BCUT2D eigenvalue weighted by atomic mass is 79.9. The molecule has 0 aliphatic heterocycles. The van der Waals surface area contributed by atoms with Crippen molar-refractivity contribution in [2.45, 2.75) is 0 Å². The zero-order valence-electron chi connectivity index (χ0n) is 11.5. The van der Waals surface area contributed by atoms with Gasteiger partial charge in [0, 0.05) is 21.8 Å². The summed E-state index contributed by atoms with van der Waals surface area (Å²) in [5.41, 5.74) is 8.55. The molecular formula is C15H13BrN2O2S. The molecule has 0 atom stereocenters. The highest BCUT2D eigenvalue weighted by molar-refractivity contribution is 9.10. The molecule has 0 bridgehead atoms. The van der Waals surface area contributed by atoms with Gasteiger partial charge in [-0.3, -0.25) is 0 Å². The molecule has 3 rings (SSSR count). The van der Waals surface area contributed by atoms with Crippen molar-refractivity contribution < 1.29 is 9.47 Å². The third-order valence-electron chi connectivity index (χ3n) is 3.14. The summed E-state index contributed by atoms with van der Waals surface area (Å²) in [4.78, 5) is 4.64. The summed E-state index contributed by atoms with van der Waals surface area (Å²) in [6, 6.07) is 9.63. The maximum Gasteiger partial charge on any atom is 0.162 e. The van der Waals surface area contributed by atoms with E-state index < -0.39 is 0 Å². The first kappa shape index (κ1) is 14.2. The Morgan fingerprint density at radius 3 is 2.52 bits per heavy atom. The standard InChI is InChI=1S/C15H13BrN2O2S/c1-19-12-6-9(10(17)7-13(12)20-2)15-18-11-4-3-8(16)5-14(11)21-15/h3-7H,17H2,1-2H3.